The Morgan fingerprint density at radius 3 is 2.50 bits per heavy atom. The van der Waals surface area contributed by atoms with Gasteiger partial charge in [0.1, 0.15) is 5.56 Å². The van der Waals surface area contributed by atoms with Crippen LogP contribution in [0.1, 0.15) is 46.3 Å². The first-order valence-corrected chi connectivity index (χ1v) is 12.1. The van der Waals surface area contributed by atoms with Crippen molar-refractivity contribution in [2.24, 2.45) is 5.92 Å². The van der Waals surface area contributed by atoms with Crippen molar-refractivity contribution >= 4 is 28.6 Å². The van der Waals surface area contributed by atoms with Gasteiger partial charge in [0, 0.05) is 30.5 Å². The second kappa shape index (κ2) is 9.89. The molecular weight excluding hydrogens is 486 g/mol. The Morgan fingerprint density at radius 2 is 1.82 bits per heavy atom. The highest BCUT2D eigenvalue weighted by molar-refractivity contribution is 5.97. The Bertz CT molecular complexity index is 1600. The van der Waals surface area contributed by atoms with Crippen LogP contribution < -0.4 is 16.2 Å². The maximum absolute atomic E-state index is 13.0. The third-order valence-corrected chi connectivity index (χ3v) is 6.78. The largest absolute Gasteiger partial charge is 0.481 e. The summed E-state index contributed by atoms with van der Waals surface area (Å²) in [6.07, 6.45) is 6.11. The van der Waals surface area contributed by atoms with Gasteiger partial charge in [-0.3, -0.25) is 24.2 Å². The molecule has 0 saturated heterocycles. The quantitative estimate of drug-likeness (QED) is 0.284. The van der Waals surface area contributed by atoms with Gasteiger partial charge in [-0.05, 0) is 41.0 Å². The Hall–Kier alpha value is -4.86. The van der Waals surface area contributed by atoms with Gasteiger partial charge < -0.3 is 20.7 Å². The van der Waals surface area contributed by atoms with E-state index in [1.54, 1.807) is 6.20 Å². The van der Waals surface area contributed by atoms with Gasteiger partial charge in [0.15, 0.2) is 5.82 Å². The molecule has 38 heavy (non-hydrogen) atoms. The summed E-state index contributed by atoms with van der Waals surface area (Å²) in [6, 6.07) is 16.1. The van der Waals surface area contributed by atoms with Crippen molar-refractivity contribution in [1.82, 2.24) is 25.6 Å². The standard InChI is InChI=1S/C28H25N5O5/c1-16(27(37)38)13-31-26(36)23-30-15-22(24(34)32-23)25(35)33-28(10-11-28)19-7-5-17(6-8-19)20-4-2-3-18-14-29-12-9-21(18)20/h2-9,12,14-16H,10-11,13H2,1H3,(H,31,36)(H,33,35)(H,37,38)(H,30,32,34)/t16-/m1/s1. The average molecular weight is 512 g/mol. The van der Waals surface area contributed by atoms with Crippen LogP contribution in [-0.4, -0.2) is 44.4 Å². The predicted molar refractivity (Wildman–Crippen MR) is 140 cm³/mol. The van der Waals surface area contributed by atoms with E-state index < -0.39 is 34.8 Å². The molecule has 1 atom stereocenters. The number of carboxylic acid groups (broad SMARTS) is 1. The number of H-pyrrole nitrogens is 1. The first-order chi connectivity index (χ1) is 18.3. The van der Waals surface area contributed by atoms with Gasteiger partial charge in [-0.1, -0.05) is 49.4 Å². The lowest BCUT2D eigenvalue weighted by molar-refractivity contribution is -0.140. The Kier molecular flexibility index (Phi) is 6.46. The summed E-state index contributed by atoms with van der Waals surface area (Å²) >= 11 is 0. The predicted octanol–water partition coefficient (Wildman–Crippen LogP) is 2.85. The molecule has 0 unspecified atom stereocenters. The number of benzene rings is 2. The molecule has 10 nitrogen and oxygen atoms in total. The number of carboxylic acids is 1. The number of nitrogens with zero attached hydrogens (tertiary/aromatic N) is 2. The summed E-state index contributed by atoms with van der Waals surface area (Å²) in [6.45, 7) is 1.31. The van der Waals surface area contributed by atoms with Crippen LogP contribution in [-0.2, 0) is 10.3 Å². The van der Waals surface area contributed by atoms with Crippen LogP contribution in [0.15, 0.2) is 71.9 Å². The molecule has 0 aliphatic heterocycles. The van der Waals surface area contributed by atoms with Gasteiger partial charge >= 0.3 is 5.97 Å². The molecule has 192 valence electrons. The summed E-state index contributed by atoms with van der Waals surface area (Å²) in [5, 5.41) is 16.4. The number of fused-ring (bicyclic) bond motifs is 1. The molecule has 4 aromatic rings. The molecule has 4 N–H and O–H groups in total. The van der Waals surface area contributed by atoms with E-state index >= 15 is 0 Å². The van der Waals surface area contributed by atoms with Crippen LogP contribution in [0.2, 0.25) is 0 Å². The number of nitrogens with one attached hydrogen (secondary N) is 3. The molecule has 1 aliphatic rings. The number of aromatic nitrogens is 3. The molecular formula is C28H25N5O5. The number of carbonyl (C=O) groups excluding carboxylic acids is 2. The highest BCUT2D eigenvalue weighted by Gasteiger charge is 2.46. The summed E-state index contributed by atoms with van der Waals surface area (Å²) in [5.41, 5.74) is 1.51. The second-order valence-electron chi connectivity index (χ2n) is 9.44. The van der Waals surface area contributed by atoms with E-state index in [1.807, 2.05) is 48.7 Å². The number of hydrogen-bond donors (Lipinski definition) is 4. The van der Waals surface area contributed by atoms with E-state index in [0.29, 0.717) is 0 Å². The SMILES string of the molecule is C[C@H](CNC(=O)c1ncc(C(=O)NC2(c3ccc(-c4cccc5cnccc45)cc3)CC2)c(=O)[nH]1)C(=O)O. The van der Waals surface area contributed by atoms with E-state index in [2.05, 4.69) is 31.7 Å². The van der Waals surface area contributed by atoms with Crippen molar-refractivity contribution in [2.75, 3.05) is 6.54 Å². The van der Waals surface area contributed by atoms with Crippen molar-refractivity contribution < 1.29 is 19.5 Å². The monoisotopic (exact) mass is 511 g/mol. The number of carbonyl (C=O) groups is 3. The first kappa shape index (κ1) is 24.8. The molecule has 1 saturated carbocycles. The van der Waals surface area contributed by atoms with Crippen molar-refractivity contribution in [1.29, 1.82) is 0 Å². The molecule has 0 radical (unpaired) electrons. The van der Waals surface area contributed by atoms with E-state index in [0.717, 1.165) is 46.5 Å². The lowest BCUT2D eigenvalue weighted by Crippen LogP contribution is -2.39. The number of rotatable bonds is 8. The minimum absolute atomic E-state index is 0.126. The van der Waals surface area contributed by atoms with E-state index in [-0.39, 0.29) is 17.9 Å². The third kappa shape index (κ3) is 4.88. The normalized spacial score (nSPS) is 14.4. The molecule has 2 aromatic carbocycles. The number of hydrogen-bond acceptors (Lipinski definition) is 6. The molecule has 2 amide bonds. The maximum atomic E-state index is 13.0. The van der Waals surface area contributed by atoms with Gasteiger partial charge in [0.25, 0.3) is 17.4 Å². The van der Waals surface area contributed by atoms with Crippen molar-refractivity contribution in [3.05, 3.63) is 94.4 Å². The minimum atomic E-state index is -1.06. The minimum Gasteiger partial charge on any atom is -0.481 e. The van der Waals surface area contributed by atoms with E-state index in [1.165, 1.54) is 6.92 Å². The highest BCUT2D eigenvalue weighted by Crippen LogP contribution is 2.46. The smallest absolute Gasteiger partial charge is 0.308 e. The molecule has 1 fully saturated rings. The molecule has 5 rings (SSSR count). The molecule has 2 aromatic heterocycles. The Morgan fingerprint density at radius 1 is 1.05 bits per heavy atom. The van der Waals surface area contributed by atoms with Gasteiger partial charge in [0.05, 0.1) is 11.5 Å². The summed E-state index contributed by atoms with van der Waals surface area (Å²) in [4.78, 5) is 59.0. The van der Waals surface area contributed by atoms with Crippen LogP contribution in [0.3, 0.4) is 0 Å². The Labute approximate surface area is 217 Å². The second-order valence-corrected chi connectivity index (χ2v) is 9.44. The highest BCUT2D eigenvalue weighted by atomic mass is 16.4. The van der Waals surface area contributed by atoms with Crippen LogP contribution in [0.4, 0.5) is 0 Å². The fourth-order valence-corrected chi connectivity index (χ4v) is 4.33. The zero-order chi connectivity index (χ0) is 26.9. The van der Waals surface area contributed by atoms with Crippen molar-refractivity contribution in [3.8, 4) is 11.1 Å². The molecule has 2 heterocycles. The van der Waals surface area contributed by atoms with Gasteiger partial charge in [-0.15, -0.1) is 0 Å². The number of aliphatic carboxylic acids is 1. The van der Waals surface area contributed by atoms with Crippen molar-refractivity contribution in [2.45, 2.75) is 25.3 Å². The Balaban J connectivity index is 1.29. The summed E-state index contributed by atoms with van der Waals surface area (Å²) in [7, 11) is 0. The fraction of sp³-hybridized carbons (Fsp3) is 0.214. The van der Waals surface area contributed by atoms with E-state index in [4.69, 9.17) is 5.11 Å². The third-order valence-electron chi connectivity index (χ3n) is 6.78. The van der Waals surface area contributed by atoms with Gasteiger partial charge in [-0.25, -0.2) is 4.98 Å². The maximum Gasteiger partial charge on any atom is 0.308 e. The average Bonchev–Trinajstić information content (AvgIpc) is 3.71. The lowest BCUT2D eigenvalue weighted by atomic mass is 9.96. The van der Waals surface area contributed by atoms with Crippen LogP contribution in [0.5, 0.6) is 0 Å². The number of aromatic amines is 1. The molecule has 10 heteroatoms. The molecule has 1 aliphatic carbocycles. The summed E-state index contributed by atoms with van der Waals surface area (Å²) < 4.78 is 0. The van der Waals surface area contributed by atoms with Crippen molar-refractivity contribution in [3.63, 3.8) is 0 Å². The van der Waals surface area contributed by atoms with Crippen LogP contribution in [0, 0.1) is 5.92 Å². The number of amides is 2. The van der Waals surface area contributed by atoms with Crippen LogP contribution >= 0.6 is 0 Å². The van der Waals surface area contributed by atoms with Crippen LogP contribution in [0.25, 0.3) is 21.9 Å². The first-order valence-electron chi connectivity index (χ1n) is 12.1. The van der Waals surface area contributed by atoms with Gasteiger partial charge in [-0.2, -0.15) is 0 Å². The lowest BCUT2D eigenvalue weighted by Gasteiger charge is -2.18. The van der Waals surface area contributed by atoms with E-state index in [9.17, 15) is 19.2 Å². The zero-order valence-electron chi connectivity index (χ0n) is 20.5. The zero-order valence-corrected chi connectivity index (χ0v) is 20.5. The summed E-state index contributed by atoms with van der Waals surface area (Å²) in [5.74, 6) is -3.49. The fourth-order valence-electron chi connectivity index (χ4n) is 4.33. The molecule has 0 bridgehead atoms. The van der Waals surface area contributed by atoms with Gasteiger partial charge in [0.2, 0.25) is 0 Å². The molecule has 0 spiro atoms. The topological polar surface area (TPSA) is 154 Å². The number of pyridine rings is 1.